The van der Waals surface area contributed by atoms with Crippen molar-refractivity contribution in [2.45, 2.75) is 18.9 Å². The number of amides is 1. The molecule has 1 amide bonds. The van der Waals surface area contributed by atoms with E-state index in [2.05, 4.69) is 18.3 Å². The Bertz CT molecular complexity index is 467. The first-order valence-electron chi connectivity index (χ1n) is 6.20. The van der Waals surface area contributed by atoms with Crippen LogP contribution in [0.3, 0.4) is 0 Å². The summed E-state index contributed by atoms with van der Waals surface area (Å²) in [5.74, 6) is 0.742. The Hall–Kier alpha value is -1.35. The number of carbonyl (C=O) groups excluding carboxylic acids is 1. The molecule has 2 heterocycles. The van der Waals surface area contributed by atoms with Crippen LogP contribution in [-0.2, 0) is 6.42 Å². The molecule has 1 fully saturated rings. The maximum Gasteiger partial charge on any atom is 0.254 e. The minimum Gasteiger partial charge on any atom is -0.336 e. The van der Waals surface area contributed by atoms with Gasteiger partial charge in [-0.1, -0.05) is 18.2 Å². The number of hydrogen-bond donors (Lipinski definition) is 1. The summed E-state index contributed by atoms with van der Waals surface area (Å²) in [7, 11) is 1.94. The Kier molecular flexibility index (Phi) is 2.26. The molecule has 3 heteroatoms. The van der Waals surface area contributed by atoms with Gasteiger partial charge in [0.25, 0.3) is 5.91 Å². The van der Waals surface area contributed by atoms with E-state index in [1.54, 1.807) is 0 Å². The quantitative estimate of drug-likeness (QED) is 0.788. The van der Waals surface area contributed by atoms with Crippen LogP contribution in [0, 0.1) is 5.92 Å². The SMILES string of the molecule is CN1C(=O)c2ccccc2CC1(C)C1CNC1. The number of nitrogens with one attached hydrogen (secondary N) is 1. The van der Waals surface area contributed by atoms with E-state index in [1.165, 1.54) is 5.56 Å². The molecule has 0 radical (unpaired) electrons. The van der Waals surface area contributed by atoms with Crippen molar-refractivity contribution in [3.63, 3.8) is 0 Å². The smallest absolute Gasteiger partial charge is 0.254 e. The van der Waals surface area contributed by atoms with E-state index < -0.39 is 0 Å². The van der Waals surface area contributed by atoms with Crippen molar-refractivity contribution in [3.8, 4) is 0 Å². The van der Waals surface area contributed by atoms with Gasteiger partial charge in [0.05, 0.1) is 0 Å². The van der Waals surface area contributed by atoms with Gasteiger partial charge in [0, 0.05) is 37.2 Å². The first-order chi connectivity index (χ1) is 8.13. The molecule has 2 aliphatic heterocycles. The molecule has 1 unspecified atom stereocenters. The summed E-state index contributed by atoms with van der Waals surface area (Å²) in [6.07, 6.45) is 0.970. The highest BCUT2D eigenvalue weighted by Gasteiger charge is 2.46. The monoisotopic (exact) mass is 230 g/mol. The van der Waals surface area contributed by atoms with Crippen molar-refractivity contribution in [2.75, 3.05) is 20.1 Å². The lowest BCUT2D eigenvalue weighted by Crippen LogP contribution is -2.65. The highest BCUT2D eigenvalue weighted by atomic mass is 16.2. The second-order valence-electron chi connectivity index (χ2n) is 5.41. The average Bonchev–Trinajstić information content (AvgIpc) is 2.24. The van der Waals surface area contributed by atoms with E-state index in [0.717, 1.165) is 25.1 Å². The maximum absolute atomic E-state index is 12.4. The lowest BCUT2D eigenvalue weighted by atomic mass is 9.73. The summed E-state index contributed by atoms with van der Waals surface area (Å²) >= 11 is 0. The molecule has 0 aromatic heterocycles. The third-order valence-corrected chi connectivity index (χ3v) is 4.53. The lowest BCUT2D eigenvalue weighted by molar-refractivity contribution is 0.0257. The Morgan fingerprint density at radius 2 is 2.06 bits per heavy atom. The minimum atomic E-state index is -0.0311. The molecule has 3 nitrogen and oxygen atoms in total. The van der Waals surface area contributed by atoms with Gasteiger partial charge >= 0.3 is 0 Å². The van der Waals surface area contributed by atoms with Crippen LogP contribution in [0.15, 0.2) is 24.3 Å². The fourth-order valence-corrected chi connectivity index (χ4v) is 2.95. The molecule has 1 aromatic carbocycles. The summed E-state index contributed by atoms with van der Waals surface area (Å²) in [6, 6.07) is 7.99. The Morgan fingerprint density at radius 1 is 1.35 bits per heavy atom. The van der Waals surface area contributed by atoms with Crippen LogP contribution in [0.2, 0.25) is 0 Å². The Morgan fingerprint density at radius 3 is 2.71 bits per heavy atom. The highest BCUT2D eigenvalue weighted by Crippen LogP contribution is 2.36. The summed E-state index contributed by atoms with van der Waals surface area (Å²) < 4.78 is 0. The van der Waals surface area contributed by atoms with Crippen LogP contribution in [0.4, 0.5) is 0 Å². The van der Waals surface area contributed by atoms with Gasteiger partial charge in [0.15, 0.2) is 0 Å². The van der Waals surface area contributed by atoms with Gasteiger partial charge in [-0.2, -0.15) is 0 Å². The molecule has 0 bridgehead atoms. The largest absolute Gasteiger partial charge is 0.336 e. The maximum atomic E-state index is 12.4. The first-order valence-corrected chi connectivity index (χ1v) is 6.20. The number of fused-ring (bicyclic) bond motifs is 1. The second-order valence-corrected chi connectivity index (χ2v) is 5.41. The molecule has 1 aromatic rings. The number of benzene rings is 1. The highest BCUT2D eigenvalue weighted by molar-refractivity contribution is 5.97. The molecule has 1 N–H and O–H groups in total. The zero-order chi connectivity index (χ0) is 12.0. The summed E-state index contributed by atoms with van der Waals surface area (Å²) in [6.45, 7) is 4.26. The number of hydrogen-bond acceptors (Lipinski definition) is 2. The van der Waals surface area contributed by atoms with Gasteiger partial charge in [-0.3, -0.25) is 4.79 Å². The van der Waals surface area contributed by atoms with Crippen LogP contribution in [0.1, 0.15) is 22.8 Å². The summed E-state index contributed by atoms with van der Waals surface area (Å²) in [5.41, 5.74) is 2.04. The van der Waals surface area contributed by atoms with Crippen molar-refractivity contribution < 1.29 is 4.79 Å². The molecular weight excluding hydrogens is 212 g/mol. The first kappa shape index (κ1) is 10.8. The van der Waals surface area contributed by atoms with Gasteiger partial charge in [-0.25, -0.2) is 0 Å². The second kappa shape index (κ2) is 3.57. The fourth-order valence-electron chi connectivity index (χ4n) is 2.95. The predicted molar refractivity (Wildman–Crippen MR) is 67.0 cm³/mol. The van der Waals surface area contributed by atoms with Gasteiger partial charge in [-0.05, 0) is 25.0 Å². The van der Waals surface area contributed by atoms with Crippen molar-refractivity contribution in [3.05, 3.63) is 35.4 Å². The van der Waals surface area contributed by atoms with Crippen LogP contribution in [-0.4, -0.2) is 36.5 Å². The summed E-state index contributed by atoms with van der Waals surface area (Å²) in [5, 5.41) is 3.31. The van der Waals surface area contributed by atoms with Crippen molar-refractivity contribution in [2.24, 2.45) is 5.92 Å². The third-order valence-electron chi connectivity index (χ3n) is 4.53. The van der Waals surface area contributed by atoms with E-state index in [9.17, 15) is 4.79 Å². The van der Waals surface area contributed by atoms with Crippen LogP contribution >= 0.6 is 0 Å². The van der Waals surface area contributed by atoms with Gasteiger partial charge in [0.1, 0.15) is 0 Å². The van der Waals surface area contributed by atoms with Crippen molar-refractivity contribution in [1.29, 1.82) is 0 Å². The van der Waals surface area contributed by atoms with E-state index >= 15 is 0 Å². The van der Waals surface area contributed by atoms with Gasteiger partial charge in [-0.15, -0.1) is 0 Å². The molecular formula is C14H18N2O. The van der Waals surface area contributed by atoms with E-state index in [1.807, 2.05) is 30.1 Å². The molecule has 90 valence electrons. The van der Waals surface area contributed by atoms with Crippen molar-refractivity contribution >= 4 is 5.91 Å². The number of nitrogens with zero attached hydrogens (tertiary/aromatic N) is 1. The Balaban J connectivity index is 2.03. The Labute approximate surface area is 102 Å². The van der Waals surface area contributed by atoms with Crippen LogP contribution in [0.5, 0.6) is 0 Å². The number of likely N-dealkylation sites (N-methyl/N-ethyl adjacent to an activating group) is 1. The molecule has 0 saturated carbocycles. The molecule has 1 atom stereocenters. The molecule has 17 heavy (non-hydrogen) atoms. The molecule has 1 saturated heterocycles. The van der Waals surface area contributed by atoms with Crippen LogP contribution in [0.25, 0.3) is 0 Å². The van der Waals surface area contributed by atoms with Gasteiger partial charge < -0.3 is 10.2 Å². The van der Waals surface area contributed by atoms with Gasteiger partial charge in [0.2, 0.25) is 0 Å². The lowest BCUT2D eigenvalue weighted by Gasteiger charge is -2.51. The normalized spacial score (nSPS) is 28.8. The number of rotatable bonds is 1. The predicted octanol–water partition coefficient (Wildman–Crippen LogP) is 1.29. The van der Waals surface area contributed by atoms with Crippen LogP contribution < -0.4 is 5.32 Å². The fraction of sp³-hybridized carbons (Fsp3) is 0.500. The van der Waals surface area contributed by atoms with E-state index in [0.29, 0.717) is 5.92 Å². The number of carbonyl (C=O) groups is 1. The standard InChI is InChI=1S/C14H18N2O/c1-14(11-8-15-9-11)7-10-5-3-4-6-12(10)13(17)16(14)2/h3-6,11,15H,7-9H2,1-2H3. The zero-order valence-electron chi connectivity index (χ0n) is 10.4. The van der Waals surface area contributed by atoms with E-state index in [-0.39, 0.29) is 11.4 Å². The third kappa shape index (κ3) is 1.42. The minimum absolute atomic E-state index is 0.0311. The van der Waals surface area contributed by atoms with E-state index in [4.69, 9.17) is 0 Å². The molecule has 3 rings (SSSR count). The molecule has 0 aliphatic carbocycles. The molecule has 0 spiro atoms. The summed E-state index contributed by atoms with van der Waals surface area (Å²) in [4.78, 5) is 14.3. The van der Waals surface area contributed by atoms with Crippen molar-refractivity contribution in [1.82, 2.24) is 10.2 Å². The topological polar surface area (TPSA) is 32.3 Å². The molecule has 2 aliphatic rings. The zero-order valence-corrected chi connectivity index (χ0v) is 10.4. The average molecular weight is 230 g/mol.